The summed E-state index contributed by atoms with van der Waals surface area (Å²) in [5.41, 5.74) is 6.77. The Kier molecular flexibility index (Phi) is 7.21. The average molecular weight is 419 g/mol. The molecule has 6 heteroatoms. The molecule has 0 fully saturated rings. The van der Waals surface area contributed by atoms with Gasteiger partial charge >= 0.3 is 0 Å². The molecule has 2 aromatic carbocycles. The van der Waals surface area contributed by atoms with Crippen LogP contribution >= 0.6 is 15.9 Å². The van der Waals surface area contributed by atoms with Crippen LogP contribution in [0.15, 0.2) is 53.0 Å². The van der Waals surface area contributed by atoms with Crippen LogP contribution in [0, 0.1) is 0 Å². The molecule has 0 aliphatic heterocycles. The lowest BCUT2D eigenvalue weighted by atomic mass is 10.1. The van der Waals surface area contributed by atoms with Gasteiger partial charge in [0, 0.05) is 25.1 Å². The highest BCUT2D eigenvalue weighted by Gasteiger charge is 2.18. The third-order valence-corrected chi connectivity index (χ3v) is 4.29. The quantitative estimate of drug-likeness (QED) is 0.708. The monoisotopic (exact) mass is 418 g/mol. The smallest absolute Gasteiger partial charge is 0.254 e. The minimum atomic E-state index is -0.433. The molecule has 0 aromatic heterocycles. The minimum absolute atomic E-state index is 0.0398. The second kappa shape index (κ2) is 9.38. The molecule has 26 heavy (non-hydrogen) atoms. The van der Waals surface area contributed by atoms with E-state index in [1.54, 1.807) is 23.1 Å². The molecule has 2 rings (SSSR count). The molecule has 2 amide bonds. The van der Waals surface area contributed by atoms with Crippen LogP contribution in [-0.2, 0) is 11.3 Å². The van der Waals surface area contributed by atoms with Crippen molar-refractivity contribution in [2.24, 2.45) is 5.73 Å². The van der Waals surface area contributed by atoms with Crippen LogP contribution < -0.4 is 10.5 Å². The molecular weight excluding hydrogens is 396 g/mol. The molecule has 0 aliphatic carbocycles. The minimum Gasteiger partial charge on any atom is -0.490 e. The van der Waals surface area contributed by atoms with Gasteiger partial charge in [-0.2, -0.15) is 0 Å². The molecule has 0 aliphatic rings. The molecule has 0 heterocycles. The second-order valence-electron chi connectivity index (χ2n) is 6.24. The van der Waals surface area contributed by atoms with E-state index in [2.05, 4.69) is 15.9 Å². The van der Waals surface area contributed by atoms with Gasteiger partial charge in [-0.25, -0.2) is 0 Å². The van der Waals surface area contributed by atoms with E-state index in [1.807, 2.05) is 44.2 Å². The number of benzene rings is 2. The summed E-state index contributed by atoms with van der Waals surface area (Å²) in [7, 11) is 0. The first-order chi connectivity index (χ1) is 12.4. The summed E-state index contributed by atoms with van der Waals surface area (Å²) in [5, 5.41) is 0. The fourth-order valence-corrected chi connectivity index (χ4v) is 2.94. The maximum Gasteiger partial charge on any atom is 0.254 e. The van der Waals surface area contributed by atoms with Crippen LogP contribution in [0.4, 0.5) is 0 Å². The first-order valence-electron chi connectivity index (χ1n) is 8.44. The van der Waals surface area contributed by atoms with E-state index in [0.29, 0.717) is 22.3 Å². The Morgan fingerprint density at radius 1 is 1.15 bits per heavy atom. The first-order valence-corrected chi connectivity index (χ1v) is 9.24. The van der Waals surface area contributed by atoms with Gasteiger partial charge in [-0.1, -0.05) is 30.3 Å². The molecule has 0 spiro atoms. The topological polar surface area (TPSA) is 72.6 Å². The van der Waals surface area contributed by atoms with Crippen molar-refractivity contribution in [1.82, 2.24) is 4.90 Å². The molecule has 0 saturated heterocycles. The Balaban J connectivity index is 2.21. The van der Waals surface area contributed by atoms with E-state index in [0.717, 1.165) is 5.56 Å². The van der Waals surface area contributed by atoms with Gasteiger partial charge in [0.1, 0.15) is 5.75 Å². The number of amides is 2. The molecule has 5 nitrogen and oxygen atoms in total. The zero-order valence-electron chi connectivity index (χ0n) is 14.9. The number of hydrogen-bond acceptors (Lipinski definition) is 3. The SMILES string of the molecule is CC(C)Oc1ccc(C(=O)N(CCC(N)=O)Cc2ccccc2)cc1Br. The third-order valence-electron chi connectivity index (χ3n) is 3.67. The van der Waals surface area contributed by atoms with Gasteiger partial charge in [0.2, 0.25) is 5.91 Å². The molecule has 0 saturated carbocycles. The number of ether oxygens (including phenoxy) is 1. The summed E-state index contributed by atoms with van der Waals surface area (Å²) in [4.78, 5) is 25.8. The predicted molar refractivity (Wildman–Crippen MR) is 105 cm³/mol. The maximum absolute atomic E-state index is 13.0. The van der Waals surface area contributed by atoms with E-state index in [9.17, 15) is 9.59 Å². The van der Waals surface area contributed by atoms with Crippen LogP contribution in [-0.4, -0.2) is 29.4 Å². The Morgan fingerprint density at radius 3 is 2.42 bits per heavy atom. The van der Waals surface area contributed by atoms with Crippen molar-refractivity contribution >= 4 is 27.7 Å². The van der Waals surface area contributed by atoms with Crippen molar-refractivity contribution in [3.63, 3.8) is 0 Å². The summed E-state index contributed by atoms with van der Waals surface area (Å²) in [6, 6.07) is 14.9. The molecule has 0 atom stereocenters. The lowest BCUT2D eigenvalue weighted by Gasteiger charge is -2.23. The van der Waals surface area contributed by atoms with Crippen molar-refractivity contribution in [2.75, 3.05) is 6.54 Å². The number of primary amides is 1. The standard InChI is InChI=1S/C20H23BrN2O3/c1-14(2)26-18-9-8-16(12-17(18)21)20(25)23(11-10-19(22)24)13-15-6-4-3-5-7-15/h3-9,12,14H,10-11,13H2,1-2H3,(H2,22,24). The molecule has 2 aromatic rings. The van der Waals surface area contributed by atoms with Gasteiger partial charge in [-0.15, -0.1) is 0 Å². The number of halogens is 1. The van der Waals surface area contributed by atoms with Gasteiger partial charge in [-0.3, -0.25) is 9.59 Å². The highest BCUT2D eigenvalue weighted by molar-refractivity contribution is 9.10. The molecular formula is C20H23BrN2O3. The average Bonchev–Trinajstić information content (AvgIpc) is 2.60. The summed E-state index contributed by atoms with van der Waals surface area (Å²) < 4.78 is 6.40. The Hall–Kier alpha value is -2.34. The van der Waals surface area contributed by atoms with Crippen LogP contribution in [0.25, 0.3) is 0 Å². The van der Waals surface area contributed by atoms with Gasteiger partial charge < -0.3 is 15.4 Å². The van der Waals surface area contributed by atoms with Gasteiger partial charge in [0.15, 0.2) is 0 Å². The number of carbonyl (C=O) groups is 2. The zero-order valence-corrected chi connectivity index (χ0v) is 16.5. The number of carbonyl (C=O) groups excluding carboxylic acids is 2. The van der Waals surface area contributed by atoms with Crippen LogP contribution in [0.5, 0.6) is 5.75 Å². The number of rotatable bonds is 8. The van der Waals surface area contributed by atoms with Gasteiger partial charge in [0.25, 0.3) is 5.91 Å². The highest BCUT2D eigenvalue weighted by Crippen LogP contribution is 2.27. The summed E-state index contributed by atoms with van der Waals surface area (Å²) in [5.74, 6) is 0.0907. The third kappa shape index (κ3) is 5.88. The van der Waals surface area contributed by atoms with Crippen molar-refractivity contribution < 1.29 is 14.3 Å². The van der Waals surface area contributed by atoms with E-state index >= 15 is 0 Å². The van der Waals surface area contributed by atoms with Crippen molar-refractivity contribution in [3.05, 3.63) is 64.1 Å². The van der Waals surface area contributed by atoms with E-state index in [4.69, 9.17) is 10.5 Å². The zero-order chi connectivity index (χ0) is 19.1. The van der Waals surface area contributed by atoms with E-state index in [1.165, 1.54) is 0 Å². The number of nitrogens with two attached hydrogens (primary N) is 1. The Morgan fingerprint density at radius 2 is 1.85 bits per heavy atom. The van der Waals surface area contributed by atoms with Crippen LogP contribution in [0.1, 0.15) is 36.2 Å². The van der Waals surface area contributed by atoms with Crippen molar-refractivity contribution in [2.45, 2.75) is 32.9 Å². The van der Waals surface area contributed by atoms with Gasteiger partial charge in [0.05, 0.1) is 10.6 Å². The van der Waals surface area contributed by atoms with Gasteiger partial charge in [-0.05, 0) is 53.5 Å². The molecule has 0 bridgehead atoms. The lowest BCUT2D eigenvalue weighted by molar-refractivity contribution is -0.118. The maximum atomic E-state index is 13.0. The normalized spacial score (nSPS) is 10.6. The fourth-order valence-electron chi connectivity index (χ4n) is 2.47. The second-order valence-corrected chi connectivity index (χ2v) is 7.09. The van der Waals surface area contributed by atoms with Crippen molar-refractivity contribution in [1.29, 1.82) is 0 Å². The lowest BCUT2D eigenvalue weighted by Crippen LogP contribution is -2.33. The number of nitrogens with zero attached hydrogens (tertiary/aromatic N) is 1. The molecule has 2 N–H and O–H groups in total. The number of hydrogen-bond donors (Lipinski definition) is 1. The predicted octanol–water partition coefficient (Wildman–Crippen LogP) is 3.75. The molecule has 0 radical (unpaired) electrons. The highest BCUT2D eigenvalue weighted by atomic mass is 79.9. The van der Waals surface area contributed by atoms with E-state index < -0.39 is 5.91 Å². The summed E-state index contributed by atoms with van der Waals surface area (Å²) >= 11 is 3.45. The largest absolute Gasteiger partial charge is 0.490 e. The van der Waals surface area contributed by atoms with Crippen LogP contribution in [0.3, 0.4) is 0 Å². The summed E-state index contributed by atoms with van der Waals surface area (Å²) in [6.07, 6.45) is 0.159. The molecule has 0 unspecified atom stereocenters. The Labute approximate surface area is 162 Å². The van der Waals surface area contributed by atoms with E-state index in [-0.39, 0.29) is 25.0 Å². The first kappa shape index (κ1) is 20.0. The van der Waals surface area contributed by atoms with Crippen molar-refractivity contribution in [3.8, 4) is 5.75 Å². The fraction of sp³-hybridized carbons (Fsp3) is 0.300. The Bertz CT molecular complexity index is 763. The molecule has 138 valence electrons. The summed E-state index contributed by atoms with van der Waals surface area (Å²) in [6.45, 7) is 4.56. The van der Waals surface area contributed by atoms with Crippen LogP contribution in [0.2, 0.25) is 0 Å².